The minimum absolute atomic E-state index is 0.00684. The average Bonchev–Trinajstić information content (AvgIpc) is 2.97. The number of rotatable bonds is 8. The Bertz CT molecular complexity index is 1510. The van der Waals surface area contributed by atoms with Gasteiger partial charge in [0.2, 0.25) is 5.91 Å². The third kappa shape index (κ3) is 5.65. The van der Waals surface area contributed by atoms with E-state index in [9.17, 15) is 9.59 Å². The highest BCUT2D eigenvalue weighted by molar-refractivity contribution is 6.30. The Morgan fingerprint density at radius 1 is 1.10 bits per heavy atom. The second kappa shape index (κ2) is 11.8. The normalized spacial score (nSPS) is 15.2. The first kappa shape index (κ1) is 27.2. The van der Waals surface area contributed by atoms with Gasteiger partial charge in [0.05, 0.1) is 37.6 Å². The summed E-state index contributed by atoms with van der Waals surface area (Å²) in [5.74, 6) is 0.895. The number of fused-ring (bicyclic) bond motifs is 1. The number of nitrogens with one attached hydrogen (secondary N) is 1. The van der Waals surface area contributed by atoms with Gasteiger partial charge in [0.25, 0.3) is 5.91 Å². The molecule has 0 radical (unpaired) electrons. The van der Waals surface area contributed by atoms with Gasteiger partial charge in [-0.25, -0.2) is 0 Å². The SMILES string of the molecule is CCC(C)Oc1cc2c(cc1OC)CC(=O)N(c1ccc(C(=O)Nc3cccnc3)cc1)C2c1ccc(Cl)cc1. The largest absolute Gasteiger partial charge is 0.493 e. The van der Waals surface area contributed by atoms with Crippen LogP contribution >= 0.6 is 11.6 Å². The van der Waals surface area contributed by atoms with E-state index < -0.39 is 6.04 Å². The fourth-order valence-electron chi connectivity index (χ4n) is 4.79. The fraction of sp³-hybridized carbons (Fsp3) is 0.219. The highest BCUT2D eigenvalue weighted by Crippen LogP contribution is 2.44. The van der Waals surface area contributed by atoms with Crippen LogP contribution in [0.25, 0.3) is 0 Å². The van der Waals surface area contributed by atoms with Crippen LogP contribution in [0.5, 0.6) is 11.5 Å². The summed E-state index contributed by atoms with van der Waals surface area (Å²) in [6.45, 7) is 4.07. The van der Waals surface area contributed by atoms with Crippen molar-refractivity contribution in [3.8, 4) is 11.5 Å². The van der Waals surface area contributed by atoms with Crippen molar-refractivity contribution < 1.29 is 19.1 Å². The Kier molecular flexibility index (Phi) is 8.03. The molecule has 40 heavy (non-hydrogen) atoms. The highest BCUT2D eigenvalue weighted by Gasteiger charge is 2.36. The van der Waals surface area contributed by atoms with Gasteiger partial charge in [0.1, 0.15) is 0 Å². The molecule has 2 unspecified atom stereocenters. The summed E-state index contributed by atoms with van der Waals surface area (Å²) in [6, 6.07) is 21.5. The Balaban J connectivity index is 1.55. The number of carbonyl (C=O) groups excluding carboxylic acids is 2. The number of hydrogen-bond acceptors (Lipinski definition) is 5. The van der Waals surface area contributed by atoms with Crippen LogP contribution in [0.1, 0.15) is 53.4 Å². The van der Waals surface area contributed by atoms with Gasteiger partial charge in [-0.15, -0.1) is 0 Å². The van der Waals surface area contributed by atoms with Crippen molar-refractivity contribution in [1.29, 1.82) is 0 Å². The van der Waals surface area contributed by atoms with E-state index in [4.69, 9.17) is 21.1 Å². The fourth-order valence-corrected chi connectivity index (χ4v) is 4.91. The predicted octanol–water partition coefficient (Wildman–Crippen LogP) is 6.85. The van der Waals surface area contributed by atoms with E-state index in [-0.39, 0.29) is 24.3 Å². The topological polar surface area (TPSA) is 80.8 Å². The molecule has 0 bridgehead atoms. The third-order valence-electron chi connectivity index (χ3n) is 7.00. The molecule has 7 nitrogen and oxygen atoms in total. The number of halogens is 1. The summed E-state index contributed by atoms with van der Waals surface area (Å²) in [4.78, 5) is 32.3. The molecule has 1 aliphatic heterocycles. The molecule has 5 rings (SSSR count). The number of methoxy groups -OCH3 is 1. The molecule has 2 amide bonds. The van der Waals surface area contributed by atoms with Gasteiger partial charge in [-0.2, -0.15) is 0 Å². The van der Waals surface area contributed by atoms with E-state index in [1.165, 1.54) is 0 Å². The molecule has 8 heteroatoms. The van der Waals surface area contributed by atoms with Crippen LogP contribution in [0, 0.1) is 0 Å². The maximum absolute atomic E-state index is 13.7. The lowest BCUT2D eigenvalue weighted by Gasteiger charge is -2.38. The first-order valence-electron chi connectivity index (χ1n) is 13.1. The zero-order valence-electron chi connectivity index (χ0n) is 22.6. The number of anilines is 2. The Morgan fingerprint density at radius 2 is 1.85 bits per heavy atom. The molecule has 1 N–H and O–H groups in total. The molecule has 2 heterocycles. The van der Waals surface area contributed by atoms with Gasteiger partial charge in [0, 0.05) is 22.5 Å². The molecule has 2 atom stereocenters. The zero-order valence-corrected chi connectivity index (χ0v) is 23.3. The van der Waals surface area contributed by atoms with Crippen molar-refractivity contribution in [3.63, 3.8) is 0 Å². The third-order valence-corrected chi connectivity index (χ3v) is 7.26. The summed E-state index contributed by atoms with van der Waals surface area (Å²) in [6.07, 6.45) is 4.26. The van der Waals surface area contributed by atoms with Crippen molar-refractivity contribution in [2.75, 3.05) is 17.3 Å². The van der Waals surface area contributed by atoms with Crippen molar-refractivity contribution >= 4 is 34.8 Å². The zero-order chi connectivity index (χ0) is 28.2. The molecule has 0 fully saturated rings. The van der Waals surface area contributed by atoms with Crippen LogP contribution in [0.3, 0.4) is 0 Å². The molecular weight excluding hydrogens is 526 g/mol. The van der Waals surface area contributed by atoms with E-state index >= 15 is 0 Å². The van der Waals surface area contributed by atoms with Crippen LogP contribution in [0.4, 0.5) is 11.4 Å². The summed E-state index contributed by atoms with van der Waals surface area (Å²) < 4.78 is 11.8. The minimum atomic E-state index is -0.436. The molecule has 204 valence electrons. The maximum Gasteiger partial charge on any atom is 0.255 e. The molecule has 4 aromatic rings. The van der Waals surface area contributed by atoms with Gasteiger partial charge in [-0.3, -0.25) is 14.6 Å². The van der Waals surface area contributed by atoms with Gasteiger partial charge >= 0.3 is 0 Å². The summed E-state index contributed by atoms with van der Waals surface area (Å²) in [5.41, 5.74) is 4.47. The lowest BCUT2D eigenvalue weighted by Crippen LogP contribution is -2.41. The summed E-state index contributed by atoms with van der Waals surface area (Å²) >= 11 is 6.22. The highest BCUT2D eigenvalue weighted by atomic mass is 35.5. The van der Waals surface area contributed by atoms with Crippen LogP contribution in [-0.4, -0.2) is 30.0 Å². The number of amides is 2. The van der Waals surface area contributed by atoms with E-state index in [1.807, 2.05) is 43.3 Å². The Hall–Kier alpha value is -4.36. The molecule has 0 aliphatic carbocycles. The Morgan fingerprint density at radius 3 is 2.50 bits per heavy atom. The van der Waals surface area contributed by atoms with Crippen molar-refractivity contribution in [1.82, 2.24) is 4.98 Å². The monoisotopic (exact) mass is 555 g/mol. The molecule has 0 spiro atoms. The number of hydrogen-bond donors (Lipinski definition) is 1. The standard InChI is InChI=1S/C32H30ClN3O4/c1-4-20(2)40-29-18-27-23(16-28(29)39-3)17-30(37)36(31(27)21-7-11-24(33)12-8-21)26-13-9-22(10-14-26)32(38)35-25-6-5-15-34-19-25/h5-16,18-20,31H,4,17H2,1-3H3,(H,35,38). The van der Waals surface area contributed by atoms with Crippen molar-refractivity contribution in [3.05, 3.63) is 112 Å². The second-order valence-electron chi connectivity index (χ2n) is 9.68. The number of nitrogens with zero attached hydrogens (tertiary/aromatic N) is 2. The maximum atomic E-state index is 13.7. The first-order chi connectivity index (χ1) is 19.4. The van der Waals surface area contributed by atoms with Crippen LogP contribution in [0.2, 0.25) is 5.02 Å². The van der Waals surface area contributed by atoms with Crippen LogP contribution in [-0.2, 0) is 11.2 Å². The molecule has 0 saturated heterocycles. The predicted molar refractivity (Wildman–Crippen MR) is 156 cm³/mol. The smallest absolute Gasteiger partial charge is 0.255 e. The number of ether oxygens (including phenoxy) is 2. The minimum Gasteiger partial charge on any atom is -0.493 e. The number of carbonyl (C=O) groups is 2. The van der Waals surface area contributed by atoms with Gasteiger partial charge < -0.3 is 19.7 Å². The summed E-state index contributed by atoms with van der Waals surface area (Å²) in [5, 5.41) is 3.44. The number of aromatic nitrogens is 1. The van der Waals surface area contributed by atoms with Crippen molar-refractivity contribution in [2.45, 2.75) is 38.8 Å². The van der Waals surface area contributed by atoms with E-state index in [0.717, 1.165) is 23.1 Å². The summed E-state index contributed by atoms with van der Waals surface area (Å²) in [7, 11) is 1.60. The molecule has 3 aromatic carbocycles. The Labute approximate surface area is 238 Å². The first-order valence-corrected chi connectivity index (χ1v) is 13.5. The molecule has 1 aliphatic rings. The molecular formula is C32H30ClN3O4. The average molecular weight is 556 g/mol. The molecule has 0 saturated carbocycles. The van der Waals surface area contributed by atoms with E-state index in [2.05, 4.69) is 17.2 Å². The van der Waals surface area contributed by atoms with Gasteiger partial charge in [-0.1, -0.05) is 30.7 Å². The van der Waals surface area contributed by atoms with E-state index in [0.29, 0.717) is 33.5 Å². The number of pyridine rings is 1. The van der Waals surface area contributed by atoms with Crippen LogP contribution < -0.4 is 19.7 Å². The van der Waals surface area contributed by atoms with E-state index in [1.54, 1.807) is 60.8 Å². The van der Waals surface area contributed by atoms with Crippen LogP contribution in [0.15, 0.2) is 85.2 Å². The van der Waals surface area contributed by atoms with Crippen molar-refractivity contribution in [2.24, 2.45) is 0 Å². The second-order valence-corrected chi connectivity index (χ2v) is 10.1. The lowest BCUT2D eigenvalue weighted by molar-refractivity contribution is -0.118. The van der Waals surface area contributed by atoms with Gasteiger partial charge in [-0.05, 0) is 90.7 Å². The number of benzene rings is 3. The quantitative estimate of drug-likeness (QED) is 0.257. The van der Waals surface area contributed by atoms with Gasteiger partial charge in [0.15, 0.2) is 11.5 Å². The molecule has 1 aromatic heterocycles. The lowest BCUT2D eigenvalue weighted by atomic mass is 9.86.